The second-order valence-corrected chi connectivity index (χ2v) is 7.47. The highest BCUT2D eigenvalue weighted by atomic mass is 32.1. The molecular weight excluding hydrogens is 302 g/mol. The third-order valence-electron chi connectivity index (χ3n) is 3.65. The Morgan fingerprint density at radius 1 is 1.52 bits per heavy atom. The van der Waals surface area contributed by atoms with Crippen LogP contribution in [0.3, 0.4) is 0 Å². The molecule has 0 aromatic carbocycles. The van der Waals surface area contributed by atoms with Crippen LogP contribution in [0.1, 0.15) is 33.2 Å². The van der Waals surface area contributed by atoms with Gasteiger partial charge in [0.15, 0.2) is 0 Å². The average Bonchev–Trinajstić information content (AvgIpc) is 3.11. The van der Waals surface area contributed by atoms with Crippen LogP contribution < -0.4 is 5.32 Å². The Balaban J connectivity index is 1.55. The molecule has 3 rings (SSSR count). The van der Waals surface area contributed by atoms with Crippen molar-refractivity contribution in [3.05, 3.63) is 38.5 Å². The predicted molar refractivity (Wildman–Crippen MR) is 86.9 cm³/mol. The normalized spacial score (nSPS) is 19.6. The summed E-state index contributed by atoms with van der Waals surface area (Å²) in [5.74, 6) is -0.0395. The molecule has 1 fully saturated rings. The summed E-state index contributed by atoms with van der Waals surface area (Å²) in [6.07, 6.45) is 2.18. The largest absolute Gasteiger partial charge is 0.347 e. The summed E-state index contributed by atoms with van der Waals surface area (Å²) in [6, 6.07) is 4.49. The van der Waals surface area contributed by atoms with Gasteiger partial charge in [-0.2, -0.15) is 0 Å². The lowest BCUT2D eigenvalue weighted by molar-refractivity contribution is 0.0896. The predicted octanol–water partition coefficient (Wildman–Crippen LogP) is 2.91. The molecule has 1 N–H and O–H groups in total. The van der Waals surface area contributed by atoms with Gasteiger partial charge >= 0.3 is 0 Å². The second-order valence-electron chi connectivity index (χ2n) is 5.38. The maximum absolute atomic E-state index is 12.2. The molecule has 2 aromatic heterocycles. The maximum atomic E-state index is 12.2. The first-order valence-electron chi connectivity index (χ1n) is 7.18. The summed E-state index contributed by atoms with van der Waals surface area (Å²) < 4.78 is 0. The quantitative estimate of drug-likeness (QED) is 0.942. The minimum absolute atomic E-state index is 0.0395. The van der Waals surface area contributed by atoms with Crippen molar-refractivity contribution in [1.82, 2.24) is 15.2 Å². The molecule has 1 unspecified atom stereocenters. The first-order chi connectivity index (χ1) is 10.2. The summed E-state index contributed by atoms with van der Waals surface area (Å²) in [5.41, 5.74) is 0.549. The van der Waals surface area contributed by atoms with Gasteiger partial charge in [-0.15, -0.1) is 22.7 Å². The SMILES string of the molecule is Cc1nc(C(=O)NC2CCCN(Cc3cccs3)C2)cs1. The zero-order chi connectivity index (χ0) is 14.7. The van der Waals surface area contributed by atoms with E-state index >= 15 is 0 Å². The van der Waals surface area contributed by atoms with Crippen molar-refractivity contribution < 1.29 is 4.79 Å². The van der Waals surface area contributed by atoms with Crippen LogP contribution in [-0.2, 0) is 6.54 Å². The first kappa shape index (κ1) is 14.7. The minimum atomic E-state index is -0.0395. The molecule has 1 amide bonds. The zero-order valence-electron chi connectivity index (χ0n) is 12.0. The van der Waals surface area contributed by atoms with E-state index < -0.39 is 0 Å². The van der Waals surface area contributed by atoms with Crippen molar-refractivity contribution in [2.24, 2.45) is 0 Å². The van der Waals surface area contributed by atoms with Crippen LogP contribution in [0.2, 0.25) is 0 Å². The van der Waals surface area contributed by atoms with Crippen molar-refractivity contribution >= 4 is 28.6 Å². The number of likely N-dealkylation sites (tertiary alicyclic amines) is 1. The van der Waals surface area contributed by atoms with Crippen LogP contribution in [0.15, 0.2) is 22.9 Å². The van der Waals surface area contributed by atoms with E-state index in [1.54, 1.807) is 11.3 Å². The maximum Gasteiger partial charge on any atom is 0.271 e. The Morgan fingerprint density at radius 3 is 3.14 bits per heavy atom. The molecule has 4 nitrogen and oxygen atoms in total. The van der Waals surface area contributed by atoms with Crippen molar-refractivity contribution in [2.75, 3.05) is 13.1 Å². The number of amides is 1. The van der Waals surface area contributed by atoms with Crippen LogP contribution >= 0.6 is 22.7 Å². The molecule has 6 heteroatoms. The molecule has 1 atom stereocenters. The second kappa shape index (κ2) is 6.68. The molecule has 1 aliphatic rings. The van der Waals surface area contributed by atoms with E-state index in [2.05, 4.69) is 32.7 Å². The van der Waals surface area contributed by atoms with Crippen LogP contribution in [0, 0.1) is 6.92 Å². The minimum Gasteiger partial charge on any atom is -0.347 e. The Kier molecular flexibility index (Phi) is 4.67. The number of nitrogens with one attached hydrogen (secondary N) is 1. The number of rotatable bonds is 4. The standard InChI is InChI=1S/C15H19N3OS2/c1-11-16-14(10-21-11)15(19)17-12-4-2-6-18(8-12)9-13-5-3-7-20-13/h3,5,7,10,12H,2,4,6,8-9H2,1H3,(H,17,19). The highest BCUT2D eigenvalue weighted by molar-refractivity contribution is 7.10. The number of nitrogens with zero attached hydrogens (tertiary/aromatic N) is 2. The van der Waals surface area contributed by atoms with E-state index in [0.29, 0.717) is 5.69 Å². The van der Waals surface area contributed by atoms with E-state index in [9.17, 15) is 4.79 Å². The van der Waals surface area contributed by atoms with E-state index in [1.165, 1.54) is 16.2 Å². The number of thiophene rings is 1. The smallest absolute Gasteiger partial charge is 0.271 e. The molecule has 0 spiro atoms. The lowest BCUT2D eigenvalue weighted by atomic mass is 10.1. The van der Waals surface area contributed by atoms with Gasteiger partial charge in [-0.25, -0.2) is 4.98 Å². The topological polar surface area (TPSA) is 45.2 Å². The van der Waals surface area contributed by atoms with Gasteiger partial charge in [0.2, 0.25) is 0 Å². The summed E-state index contributed by atoms with van der Waals surface area (Å²) in [5, 5.41) is 8.00. The summed E-state index contributed by atoms with van der Waals surface area (Å²) >= 11 is 3.31. The van der Waals surface area contributed by atoms with E-state index in [4.69, 9.17) is 0 Å². The van der Waals surface area contributed by atoms with E-state index in [0.717, 1.165) is 37.5 Å². The lowest BCUT2D eigenvalue weighted by Gasteiger charge is -2.32. The Morgan fingerprint density at radius 2 is 2.43 bits per heavy atom. The zero-order valence-corrected chi connectivity index (χ0v) is 13.7. The van der Waals surface area contributed by atoms with Crippen molar-refractivity contribution in [1.29, 1.82) is 0 Å². The molecule has 0 saturated carbocycles. The molecular formula is C15H19N3OS2. The molecule has 3 heterocycles. The third-order valence-corrected chi connectivity index (χ3v) is 5.29. The lowest BCUT2D eigenvalue weighted by Crippen LogP contribution is -2.47. The van der Waals surface area contributed by atoms with Gasteiger partial charge in [0.05, 0.1) is 5.01 Å². The number of thiazole rings is 1. The Hall–Kier alpha value is -1.24. The van der Waals surface area contributed by atoms with Gasteiger partial charge in [0.25, 0.3) is 5.91 Å². The third kappa shape index (κ3) is 3.90. The fourth-order valence-electron chi connectivity index (χ4n) is 2.67. The number of aryl methyl sites for hydroxylation is 1. The summed E-state index contributed by atoms with van der Waals surface area (Å²) in [4.78, 5) is 20.2. The Bertz CT molecular complexity index is 594. The first-order valence-corrected chi connectivity index (χ1v) is 8.94. The Labute approximate surface area is 132 Å². The molecule has 1 aliphatic heterocycles. The summed E-state index contributed by atoms with van der Waals surface area (Å²) in [7, 11) is 0. The average molecular weight is 321 g/mol. The number of hydrogen-bond donors (Lipinski definition) is 1. The summed E-state index contributed by atoms with van der Waals surface area (Å²) in [6.45, 7) is 4.94. The molecule has 0 radical (unpaired) electrons. The fraction of sp³-hybridized carbons (Fsp3) is 0.467. The van der Waals surface area contributed by atoms with Gasteiger partial charge in [0.1, 0.15) is 5.69 Å². The number of hydrogen-bond acceptors (Lipinski definition) is 5. The van der Waals surface area contributed by atoms with E-state index in [1.807, 2.05) is 12.3 Å². The van der Waals surface area contributed by atoms with Gasteiger partial charge in [-0.1, -0.05) is 6.07 Å². The van der Waals surface area contributed by atoms with Crippen molar-refractivity contribution in [3.63, 3.8) is 0 Å². The van der Waals surface area contributed by atoms with Gasteiger partial charge in [-0.3, -0.25) is 9.69 Å². The van der Waals surface area contributed by atoms with Crippen LogP contribution in [-0.4, -0.2) is 34.9 Å². The molecule has 0 aliphatic carbocycles. The van der Waals surface area contributed by atoms with Crippen LogP contribution in [0.4, 0.5) is 0 Å². The van der Waals surface area contributed by atoms with E-state index in [-0.39, 0.29) is 11.9 Å². The number of carbonyl (C=O) groups excluding carboxylic acids is 1. The number of piperidine rings is 1. The molecule has 2 aromatic rings. The molecule has 0 bridgehead atoms. The highest BCUT2D eigenvalue weighted by Crippen LogP contribution is 2.17. The highest BCUT2D eigenvalue weighted by Gasteiger charge is 2.22. The monoisotopic (exact) mass is 321 g/mol. The number of aromatic nitrogens is 1. The van der Waals surface area contributed by atoms with Crippen molar-refractivity contribution in [3.8, 4) is 0 Å². The van der Waals surface area contributed by atoms with Crippen LogP contribution in [0.5, 0.6) is 0 Å². The molecule has 21 heavy (non-hydrogen) atoms. The molecule has 1 saturated heterocycles. The van der Waals surface area contributed by atoms with Gasteiger partial charge in [-0.05, 0) is 37.8 Å². The molecule has 112 valence electrons. The fourth-order valence-corrected chi connectivity index (χ4v) is 4.01. The van der Waals surface area contributed by atoms with Crippen LogP contribution in [0.25, 0.3) is 0 Å². The van der Waals surface area contributed by atoms with Gasteiger partial charge < -0.3 is 5.32 Å². The van der Waals surface area contributed by atoms with Crippen molar-refractivity contribution in [2.45, 2.75) is 32.4 Å². The van der Waals surface area contributed by atoms with Gasteiger partial charge in [0, 0.05) is 29.4 Å². The number of carbonyl (C=O) groups is 1.